The minimum absolute atomic E-state index is 0.155. The number of fused-ring (bicyclic) bond motifs is 2. The molecule has 0 saturated carbocycles. The number of likely N-dealkylation sites (tertiary alicyclic amines) is 1. The second-order valence-corrected chi connectivity index (χ2v) is 9.22. The summed E-state index contributed by atoms with van der Waals surface area (Å²) in [4.78, 5) is 27.7. The Kier molecular flexibility index (Phi) is 5.28. The Morgan fingerprint density at radius 3 is 2.69 bits per heavy atom. The van der Waals surface area contributed by atoms with Crippen LogP contribution in [0.4, 0.5) is 0 Å². The number of ketones is 1. The van der Waals surface area contributed by atoms with E-state index in [4.69, 9.17) is 4.74 Å². The highest BCUT2D eigenvalue weighted by Gasteiger charge is 2.43. The molecule has 166 valence electrons. The molecule has 1 spiro atoms. The maximum atomic E-state index is 13.0. The summed E-state index contributed by atoms with van der Waals surface area (Å²) in [5, 5.41) is 1.24. The number of rotatable bonds is 4. The first kappa shape index (κ1) is 20.8. The van der Waals surface area contributed by atoms with E-state index in [9.17, 15) is 9.59 Å². The van der Waals surface area contributed by atoms with E-state index < -0.39 is 5.60 Å². The third kappa shape index (κ3) is 3.70. The number of nitrogens with zero attached hydrogens (tertiary/aromatic N) is 2. The summed E-state index contributed by atoms with van der Waals surface area (Å²) >= 11 is 0. The van der Waals surface area contributed by atoms with Gasteiger partial charge < -0.3 is 14.2 Å². The predicted molar refractivity (Wildman–Crippen MR) is 125 cm³/mol. The normalized spacial score (nSPS) is 17.4. The first-order chi connectivity index (χ1) is 15.5. The Bertz CT molecular complexity index is 1180. The molecule has 3 aromatic rings. The standard InChI is InChI=1S/C27H30N2O3/c1-3-28-18-20(21-6-4-5-7-23(21)28)9-11-26(31)29-14-12-27(13-15-29)17-24(30)22-16-19(2)8-10-25(22)32-27/h4-8,10,16,18H,3,9,11-15,17H2,1-2H3. The molecule has 5 heteroatoms. The molecule has 3 heterocycles. The van der Waals surface area contributed by atoms with Crippen LogP contribution in [-0.4, -0.2) is 39.8 Å². The van der Waals surface area contributed by atoms with Crippen LogP contribution in [0.15, 0.2) is 48.7 Å². The van der Waals surface area contributed by atoms with Gasteiger partial charge in [-0.05, 0) is 44.0 Å². The van der Waals surface area contributed by atoms with E-state index in [1.165, 1.54) is 16.5 Å². The predicted octanol–water partition coefficient (Wildman–Crippen LogP) is 4.93. The first-order valence-electron chi connectivity index (χ1n) is 11.7. The second kappa shape index (κ2) is 8.12. The van der Waals surface area contributed by atoms with Crippen molar-refractivity contribution >= 4 is 22.6 Å². The van der Waals surface area contributed by atoms with E-state index in [0.29, 0.717) is 50.1 Å². The number of Topliss-reactive ketones (excluding diaryl/α,β-unsaturated/α-hetero) is 1. The highest BCUT2D eigenvalue weighted by Crippen LogP contribution is 2.39. The van der Waals surface area contributed by atoms with Gasteiger partial charge in [-0.2, -0.15) is 0 Å². The number of carbonyl (C=O) groups is 2. The third-order valence-corrected chi connectivity index (χ3v) is 7.09. The Balaban J connectivity index is 1.22. The molecule has 0 radical (unpaired) electrons. The molecule has 0 unspecified atom stereocenters. The lowest BCUT2D eigenvalue weighted by atomic mass is 9.82. The molecule has 1 amide bonds. The van der Waals surface area contributed by atoms with E-state index in [2.05, 4.69) is 42.0 Å². The molecule has 2 aliphatic rings. The largest absolute Gasteiger partial charge is 0.486 e. The Morgan fingerprint density at radius 2 is 1.91 bits per heavy atom. The monoisotopic (exact) mass is 430 g/mol. The fourth-order valence-electron chi connectivity index (χ4n) is 5.23. The molecular formula is C27H30N2O3. The van der Waals surface area contributed by atoms with Gasteiger partial charge in [0.25, 0.3) is 0 Å². The van der Waals surface area contributed by atoms with Gasteiger partial charge in [-0.25, -0.2) is 0 Å². The van der Waals surface area contributed by atoms with Crippen molar-refractivity contribution in [2.24, 2.45) is 0 Å². The van der Waals surface area contributed by atoms with Crippen molar-refractivity contribution in [3.63, 3.8) is 0 Å². The summed E-state index contributed by atoms with van der Waals surface area (Å²) in [5.74, 6) is 1.03. The van der Waals surface area contributed by atoms with Gasteiger partial charge in [-0.15, -0.1) is 0 Å². The van der Waals surface area contributed by atoms with Crippen molar-refractivity contribution in [1.29, 1.82) is 0 Å². The molecule has 1 aromatic heterocycles. The Labute approximate surface area is 189 Å². The molecule has 5 rings (SSSR count). The van der Waals surface area contributed by atoms with Crippen molar-refractivity contribution in [3.05, 3.63) is 65.4 Å². The molecule has 1 fully saturated rings. The van der Waals surface area contributed by atoms with Gasteiger partial charge in [0.1, 0.15) is 11.4 Å². The number of piperidine rings is 1. The lowest BCUT2D eigenvalue weighted by Gasteiger charge is -2.44. The number of benzene rings is 2. The van der Waals surface area contributed by atoms with Crippen molar-refractivity contribution in [3.8, 4) is 5.75 Å². The van der Waals surface area contributed by atoms with Crippen LogP contribution in [0.1, 0.15) is 54.1 Å². The van der Waals surface area contributed by atoms with Crippen LogP contribution in [-0.2, 0) is 17.8 Å². The van der Waals surface area contributed by atoms with Gasteiger partial charge in [0, 0.05) is 56.0 Å². The molecule has 0 bridgehead atoms. The highest BCUT2D eigenvalue weighted by molar-refractivity contribution is 6.00. The SMILES string of the molecule is CCn1cc(CCC(=O)N2CCC3(CC2)CC(=O)c2cc(C)ccc2O3)c2ccccc21. The zero-order chi connectivity index (χ0) is 22.3. The second-order valence-electron chi connectivity index (χ2n) is 9.22. The molecule has 5 nitrogen and oxygen atoms in total. The van der Waals surface area contributed by atoms with Crippen LogP contribution < -0.4 is 4.74 Å². The van der Waals surface area contributed by atoms with Gasteiger partial charge >= 0.3 is 0 Å². The summed E-state index contributed by atoms with van der Waals surface area (Å²) < 4.78 is 8.59. The molecule has 1 saturated heterocycles. The van der Waals surface area contributed by atoms with Crippen molar-refractivity contribution < 1.29 is 14.3 Å². The van der Waals surface area contributed by atoms with Crippen LogP contribution in [0.2, 0.25) is 0 Å². The zero-order valence-corrected chi connectivity index (χ0v) is 18.9. The number of aryl methyl sites for hydroxylation is 3. The molecule has 0 N–H and O–H groups in total. The van der Waals surface area contributed by atoms with Crippen LogP contribution in [0.3, 0.4) is 0 Å². The first-order valence-corrected chi connectivity index (χ1v) is 11.7. The number of aromatic nitrogens is 1. The van der Waals surface area contributed by atoms with Gasteiger partial charge in [-0.3, -0.25) is 9.59 Å². The van der Waals surface area contributed by atoms with Crippen LogP contribution in [0, 0.1) is 6.92 Å². The number of amides is 1. The maximum Gasteiger partial charge on any atom is 0.222 e. The molecule has 0 atom stereocenters. The molecule has 2 aliphatic heterocycles. The quantitative estimate of drug-likeness (QED) is 0.590. The third-order valence-electron chi connectivity index (χ3n) is 7.09. The minimum Gasteiger partial charge on any atom is -0.486 e. The Morgan fingerprint density at radius 1 is 1.12 bits per heavy atom. The average molecular weight is 431 g/mol. The lowest BCUT2D eigenvalue weighted by Crippen LogP contribution is -2.52. The molecule has 0 aliphatic carbocycles. The lowest BCUT2D eigenvalue weighted by molar-refractivity contribution is -0.134. The maximum absolute atomic E-state index is 13.0. The van der Waals surface area contributed by atoms with Gasteiger partial charge in [-0.1, -0.05) is 29.8 Å². The fourth-order valence-corrected chi connectivity index (χ4v) is 5.23. The van der Waals surface area contributed by atoms with Crippen LogP contribution >= 0.6 is 0 Å². The summed E-state index contributed by atoms with van der Waals surface area (Å²) in [5.41, 5.74) is 3.76. The number of carbonyl (C=O) groups excluding carboxylic acids is 2. The number of para-hydroxylation sites is 1. The van der Waals surface area contributed by atoms with Crippen molar-refractivity contribution in [1.82, 2.24) is 9.47 Å². The molecular weight excluding hydrogens is 400 g/mol. The number of hydrogen-bond acceptors (Lipinski definition) is 3. The van der Waals surface area contributed by atoms with E-state index in [-0.39, 0.29) is 11.7 Å². The topological polar surface area (TPSA) is 51.5 Å². The highest BCUT2D eigenvalue weighted by atomic mass is 16.5. The van der Waals surface area contributed by atoms with Gasteiger partial charge in [0.2, 0.25) is 5.91 Å². The fraction of sp³-hybridized carbons (Fsp3) is 0.407. The summed E-state index contributed by atoms with van der Waals surface area (Å²) in [7, 11) is 0. The van der Waals surface area contributed by atoms with Crippen molar-refractivity contribution in [2.75, 3.05) is 13.1 Å². The van der Waals surface area contributed by atoms with Gasteiger partial charge in [0.15, 0.2) is 5.78 Å². The minimum atomic E-state index is -0.468. The number of ether oxygens (including phenoxy) is 1. The average Bonchev–Trinajstić information content (AvgIpc) is 3.16. The molecule has 32 heavy (non-hydrogen) atoms. The summed E-state index contributed by atoms with van der Waals surface area (Å²) in [6, 6.07) is 14.2. The van der Waals surface area contributed by atoms with Crippen LogP contribution in [0.25, 0.3) is 10.9 Å². The number of hydrogen-bond donors (Lipinski definition) is 0. The summed E-state index contributed by atoms with van der Waals surface area (Å²) in [6.45, 7) is 6.34. The Hall–Kier alpha value is -3.08. The van der Waals surface area contributed by atoms with Crippen molar-refractivity contribution in [2.45, 2.75) is 58.1 Å². The smallest absolute Gasteiger partial charge is 0.222 e. The van der Waals surface area contributed by atoms with Gasteiger partial charge in [0.05, 0.1) is 12.0 Å². The van der Waals surface area contributed by atoms with Crippen LogP contribution in [0.5, 0.6) is 5.75 Å². The van der Waals surface area contributed by atoms with E-state index in [1.54, 1.807) is 0 Å². The summed E-state index contributed by atoms with van der Waals surface area (Å²) in [6.07, 6.45) is 5.24. The molecule has 2 aromatic carbocycles. The van der Waals surface area contributed by atoms with E-state index >= 15 is 0 Å². The van der Waals surface area contributed by atoms with E-state index in [1.807, 2.05) is 30.0 Å². The van der Waals surface area contributed by atoms with E-state index in [0.717, 1.165) is 18.5 Å². The zero-order valence-electron chi connectivity index (χ0n) is 18.9.